The second-order valence-electron chi connectivity index (χ2n) is 21.7. The van der Waals surface area contributed by atoms with E-state index in [1.54, 1.807) is 5.56 Å². The van der Waals surface area contributed by atoms with Crippen molar-refractivity contribution >= 4 is 38.6 Å². The fraction of sp³-hybridized carbons (Fsp3) is 0.367. The van der Waals surface area contributed by atoms with Crippen molar-refractivity contribution in [2.75, 3.05) is 16.8 Å². The molecule has 0 radical (unpaired) electrons. The Balaban J connectivity index is 0.997. The number of hydrogen-bond acceptors (Lipinski definition) is 2. The van der Waals surface area contributed by atoms with Crippen molar-refractivity contribution in [3.8, 4) is 33.4 Å². The first-order chi connectivity index (χ1) is 29.7. The molecule has 0 saturated heterocycles. The smallest absolute Gasteiger partial charge is 0.0518 e. The fourth-order valence-electron chi connectivity index (χ4n) is 14.6. The Bertz CT molecular complexity index is 3060. The predicted molar refractivity (Wildman–Crippen MR) is 265 cm³/mol. The third-order valence-corrected chi connectivity index (χ3v) is 18.4. The first-order valence-corrected chi connectivity index (χ1v) is 23.8. The van der Waals surface area contributed by atoms with Gasteiger partial charge in [-0.2, -0.15) is 0 Å². The van der Waals surface area contributed by atoms with Gasteiger partial charge < -0.3 is 9.80 Å². The van der Waals surface area contributed by atoms with Crippen LogP contribution in [0.1, 0.15) is 126 Å². The van der Waals surface area contributed by atoms with E-state index in [1.807, 2.05) is 0 Å². The zero-order valence-electron chi connectivity index (χ0n) is 38.5. The van der Waals surface area contributed by atoms with Gasteiger partial charge >= 0.3 is 0 Å². The maximum Gasteiger partial charge on any atom is 0.0518 e. The third-order valence-electron chi connectivity index (χ3n) is 18.4. The molecule has 7 aromatic rings. The average molecular weight is 811 g/mol. The monoisotopic (exact) mass is 810 g/mol. The molecule has 3 aliphatic carbocycles. The standard InChI is InChI=1S/C60H62N2/c1-37-31-42(35-50-54(37)61(9)59(7)29-17-15-27-57(50,59)5)40-24-26-47-49(34-40)56(3,4)53-46-25-23-39(33-48(46)44-21-13-14-22-45(44)52(47)53)41-32-38(2)55-51(36-41)58(6)28-16-18-30-60(58,8)62(55)43-19-11-10-12-20-43/h10-14,19-26,31-36H,15-18,27-30H2,1-9H3. The van der Waals surface area contributed by atoms with Crippen LogP contribution in [0.3, 0.4) is 0 Å². The molecule has 2 heteroatoms. The van der Waals surface area contributed by atoms with Crippen molar-refractivity contribution in [2.45, 2.75) is 134 Å². The van der Waals surface area contributed by atoms with Gasteiger partial charge in [-0.15, -0.1) is 0 Å². The zero-order chi connectivity index (χ0) is 42.7. The quantitative estimate of drug-likeness (QED) is 0.164. The summed E-state index contributed by atoms with van der Waals surface area (Å²) in [5.74, 6) is 0. The van der Waals surface area contributed by atoms with Crippen LogP contribution >= 0.6 is 0 Å². The first-order valence-electron chi connectivity index (χ1n) is 23.8. The van der Waals surface area contributed by atoms with E-state index in [1.165, 1.54) is 151 Å². The van der Waals surface area contributed by atoms with Gasteiger partial charge in [-0.1, -0.05) is 120 Å². The molecule has 62 heavy (non-hydrogen) atoms. The number of anilines is 3. The molecule has 0 bridgehead atoms. The van der Waals surface area contributed by atoms with Gasteiger partial charge in [0, 0.05) is 45.9 Å². The van der Waals surface area contributed by atoms with Crippen molar-refractivity contribution in [1.29, 1.82) is 0 Å². The van der Waals surface area contributed by atoms with Crippen LogP contribution in [0.25, 0.3) is 54.9 Å². The molecule has 2 saturated carbocycles. The first kappa shape index (κ1) is 38.3. The number of fused-ring (bicyclic) bond motifs is 14. The molecule has 0 N–H and O–H groups in total. The minimum absolute atomic E-state index is 0.0317. The molecular weight excluding hydrogens is 749 g/mol. The molecule has 2 heterocycles. The molecule has 0 amide bonds. The number of nitrogens with zero attached hydrogens (tertiary/aromatic N) is 2. The van der Waals surface area contributed by atoms with Crippen molar-refractivity contribution in [2.24, 2.45) is 0 Å². The van der Waals surface area contributed by atoms with Gasteiger partial charge in [-0.05, 0) is 190 Å². The van der Waals surface area contributed by atoms with Crippen LogP contribution in [0.2, 0.25) is 0 Å². The van der Waals surface area contributed by atoms with E-state index in [2.05, 4.69) is 187 Å². The summed E-state index contributed by atoms with van der Waals surface area (Å²) in [5, 5.41) is 5.45. The SMILES string of the molecule is Cc1cc(-c2ccc3c(c2)C(C)(C)c2c-3c3ccccc3c3cc(-c4cc(C)c5c(c4)C4(C)CCCCC4(C)N5c4ccccc4)ccc23)cc2c1N(C)C1(C)CCCCC21C. The summed E-state index contributed by atoms with van der Waals surface area (Å²) in [5.41, 5.74) is 21.4. The van der Waals surface area contributed by atoms with Crippen molar-refractivity contribution in [3.05, 3.63) is 149 Å². The largest absolute Gasteiger partial charge is 0.368 e. The van der Waals surface area contributed by atoms with Crippen LogP contribution in [-0.4, -0.2) is 18.1 Å². The number of benzene rings is 7. The highest BCUT2D eigenvalue weighted by molar-refractivity contribution is 6.19. The summed E-state index contributed by atoms with van der Waals surface area (Å²) in [7, 11) is 2.35. The topological polar surface area (TPSA) is 6.48 Å². The van der Waals surface area contributed by atoms with Gasteiger partial charge in [0.2, 0.25) is 0 Å². The van der Waals surface area contributed by atoms with Crippen molar-refractivity contribution < 1.29 is 0 Å². The highest BCUT2D eigenvalue weighted by Crippen LogP contribution is 2.63. The Hall–Kier alpha value is -5.34. The molecular formula is C60H62N2. The molecule has 7 aromatic carbocycles. The van der Waals surface area contributed by atoms with Crippen LogP contribution in [-0.2, 0) is 16.2 Å². The van der Waals surface area contributed by atoms with E-state index in [9.17, 15) is 0 Å². The Morgan fingerprint density at radius 3 is 1.71 bits per heavy atom. The van der Waals surface area contributed by atoms with Gasteiger partial charge in [-0.3, -0.25) is 0 Å². The lowest BCUT2D eigenvalue weighted by Gasteiger charge is -2.50. The van der Waals surface area contributed by atoms with Gasteiger partial charge in [-0.25, -0.2) is 0 Å². The maximum absolute atomic E-state index is 2.72. The molecule has 312 valence electrons. The van der Waals surface area contributed by atoms with E-state index in [-0.39, 0.29) is 27.3 Å². The number of para-hydroxylation sites is 1. The summed E-state index contributed by atoms with van der Waals surface area (Å²) in [6, 6.07) is 45.4. The molecule has 4 unspecified atom stereocenters. The lowest BCUT2D eigenvalue weighted by molar-refractivity contribution is 0.189. The van der Waals surface area contributed by atoms with Gasteiger partial charge in [0.15, 0.2) is 0 Å². The average Bonchev–Trinajstić information content (AvgIpc) is 3.72. The maximum atomic E-state index is 2.72. The summed E-state index contributed by atoms with van der Waals surface area (Å²) in [6.45, 7) is 19.8. The minimum atomic E-state index is -0.171. The van der Waals surface area contributed by atoms with Gasteiger partial charge in [0.05, 0.1) is 5.54 Å². The van der Waals surface area contributed by atoms with E-state index < -0.39 is 0 Å². The normalized spacial score (nSPS) is 26.6. The second-order valence-corrected chi connectivity index (χ2v) is 21.7. The lowest BCUT2D eigenvalue weighted by Crippen LogP contribution is -2.55. The Kier molecular flexibility index (Phi) is 7.82. The molecule has 2 aliphatic heterocycles. The van der Waals surface area contributed by atoms with Gasteiger partial charge in [0.1, 0.15) is 0 Å². The molecule has 0 spiro atoms. The predicted octanol–water partition coefficient (Wildman–Crippen LogP) is 16.0. The summed E-state index contributed by atoms with van der Waals surface area (Å²) >= 11 is 0. The highest BCUT2D eigenvalue weighted by atomic mass is 15.3. The van der Waals surface area contributed by atoms with Crippen LogP contribution in [0.15, 0.2) is 115 Å². The summed E-state index contributed by atoms with van der Waals surface area (Å²) < 4.78 is 0. The molecule has 12 rings (SSSR count). The number of rotatable bonds is 3. The zero-order valence-corrected chi connectivity index (χ0v) is 38.5. The van der Waals surface area contributed by atoms with Crippen LogP contribution in [0.5, 0.6) is 0 Å². The second kappa shape index (κ2) is 12.6. The molecule has 0 aromatic heterocycles. The Morgan fingerprint density at radius 2 is 1.00 bits per heavy atom. The fourth-order valence-corrected chi connectivity index (χ4v) is 14.6. The van der Waals surface area contributed by atoms with E-state index >= 15 is 0 Å². The molecule has 5 aliphatic rings. The third kappa shape index (κ3) is 4.67. The van der Waals surface area contributed by atoms with Crippen LogP contribution in [0, 0.1) is 13.8 Å². The van der Waals surface area contributed by atoms with E-state index in [0.29, 0.717) is 0 Å². The highest BCUT2D eigenvalue weighted by Gasteiger charge is 2.59. The molecule has 4 atom stereocenters. The minimum Gasteiger partial charge on any atom is -0.368 e. The van der Waals surface area contributed by atoms with Crippen LogP contribution < -0.4 is 9.80 Å². The van der Waals surface area contributed by atoms with Gasteiger partial charge in [0.25, 0.3) is 0 Å². The number of likely N-dealkylation sites (N-methyl/N-ethyl adjacent to an activating group) is 1. The van der Waals surface area contributed by atoms with E-state index in [0.717, 1.165) is 0 Å². The summed E-state index contributed by atoms with van der Waals surface area (Å²) in [4.78, 5) is 5.36. The van der Waals surface area contributed by atoms with Crippen LogP contribution in [0.4, 0.5) is 17.1 Å². The molecule has 2 nitrogen and oxygen atoms in total. The Labute approximate surface area is 370 Å². The lowest BCUT2D eigenvalue weighted by atomic mass is 9.61. The van der Waals surface area contributed by atoms with Crippen molar-refractivity contribution in [1.82, 2.24) is 0 Å². The number of hydrogen-bond donors (Lipinski definition) is 0. The number of aryl methyl sites for hydroxylation is 2. The summed E-state index contributed by atoms with van der Waals surface area (Å²) in [6.07, 6.45) is 10.2. The van der Waals surface area contributed by atoms with Crippen molar-refractivity contribution in [3.63, 3.8) is 0 Å². The molecule has 2 fully saturated rings. The van der Waals surface area contributed by atoms with E-state index in [4.69, 9.17) is 0 Å². The Morgan fingerprint density at radius 1 is 0.452 bits per heavy atom.